The van der Waals surface area contributed by atoms with E-state index in [4.69, 9.17) is 5.84 Å². The predicted molar refractivity (Wildman–Crippen MR) is 65.1 cm³/mol. The third-order valence-electron chi connectivity index (χ3n) is 1.97. The van der Waals surface area contributed by atoms with E-state index in [2.05, 4.69) is 34.5 Å². The number of nitrogen functional groups attached to an aromatic ring is 1. The summed E-state index contributed by atoms with van der Waals surface area (Å²) in [5.41, 5.74) is 3.71. The molecule has 16 heavy (non-hydrogen) atoms. The Morgan fingerprint density at radius 1 is 1.31 bits per heavy atom. The number of hydrogen-bond donors (Lipinski definition) is 2. The summed E-state index contributed by atoms with van der Waals surface area (Å²) in [4.78, 5) is 9.47. The van der Waals surface area contributed by atoms with Gasteiger partial charge >= 0.3 is 0 Å². The lowest BCUT2D eigenvalue weighted by Gasteiger charge is -2.03. The fraction of sp³-hybridized carbons (Fsp3) is 0.0909. The largest absolute Gasteiger partial charge is 0.307 e. The number of rotatable bonds is 3. The quantitative estimate of drug-likeness (QED) is 0.627. The maximum atomic E-state index is 5.27. The van der Waals surface area contributed by atoms with Gasteiger partial charge in [-0.2, -0.15) is 0 Å². The van der Waals surface area contributed by atoms with E-state index in [9.17, 15) is 0 Å². The van der Waals surface area contributed by atoms with Crippen molar-refractivity contribution in [3.8, 4) is 0 Å². The zero-order chi connectivity index (χ0) is 11.4. The average molecular weight is 232 g/mol. The Bertz CT molecular complexity index is 487. The molecule has 3 N–H and O–H groups in total. The molecule has 5 heteroatoms. The minimum Gasteiger partial charge on any atom is -0.307 e. The van der Waals surface area contributed by atoms with Gasteiger partial charge in [-0.05, 0) is 19.1 Å². The van der Waals surface area contributed by atoms with Gasteiger partial charge < -0.3 is 5.43 Å². The van der Waals surface area contributed by atoms with Crippen LogP contribution in [0.4, 0.5) is 5.82 Å². The lowest BCUT2D eigenvalue weighted by Crippen LogP contribution is -2.08. The summed E-state index contributed by atoms with van der Waals surface area (Å²) in [7, 11) is 0. The van der Waals surface area contributed by atoms with Crippen molar-refractivity contribution in [2.75, 3.05) is 5.43 Å². The van der Waals surface area contributed by atoms with Gasteiger partial charge in [0.2, 0.25) is 0 Å². The van der Waals surface area contributed by atoms with Crippen LogP contribution in [0, 0.1) is 6.92 Å². The molecule has 0 atom stereocenters. The van der Waals surface area contributed by atoms with Crippen LogP contribution in [-0.4, -0.2) is 9.97 Å². The van der Waals surface area contributed by atoms with Crippen LogP contribution in [0.1, 0.15) is 5.56 Å². The molecular formula is C11H12N4S. The predicted octanol–water partition coefficient (Wildman–Crippen LogP) is 2.22. The second kappa shape index (κ2) is 4.96. The summed E-state index contributed by atoms with van der Waals surface area (Å²) in [5.74, 6) is 5.84. The number of nitrogens with one attached hydrogen (secondary N) is 1. The van der Waals surface area contributed by atoms with E-state index in [-0.39, 0.29) is 0 Å². The van der Waals surface area contributed by atoms with Gasteiger partial charge in [0.25, 0.3) is 0 Å². The van der Waals surface area contributed by atoms with Gasteiger partial charge in [0.05, 0.1) is 12.4 Å². The first-order valence-corrected chi connectivity index (χ1v) is 5.63. The average Bonchev–Trinajstić information content (AvgIpc) is 2.29. The smallest absolute Gasteiger partial charge is 0.159 e. The Morgan fingerprint density at radius 2 is 2.19 bits per heavy atom. The van der Waals surface area contributed by atoms with Gasteiger partial charge in [0, 0.05) is 4.90 Å². The molecule has 0 aliphatic carbocycles. The molecule has 0 radical (unpaired) electrons. The Balaban J connectivity index is 2.20. The molecule has 0 bridgehead atoms. The normalized spacial score (nSPS) is 10.1. The van der Waals surface area contributed by atoms with Gasteiger partial charge in [-0.3, -0.25) is 4.98 Å². The molecule has 0 saturated heterocycles. The summed E-state index contributed by atoms with van der Waals surface area (Å²) >= 11 is 1.56. The van der Waals surface area contributed by atoms with Crippen molar-refractivity contribution in [3.63, 3.8) is 0 Å². The van der Waals surface area contributed by atoms with E-state index in [0.717, 1.165) is 9.92 Å². The van der Waals surface area contributed by atoms with Crippen molar-refractivity contribution in [2.45, 2.75) is 16.8 Å². The van der Waals surface area contributed by atoms with Crippen molar-refractivity contribution in [1.29, 1.82) is 0 Å². The Kier molecular flexibility index (Phi) is 3.38. The zero-order valence-corrected chi connectivity index (χ0v) is 9.66. The molecule has 1 aromatic carbocycles. The number of aryl methyl sites for hydroxylation is 1. The highest BCUT2D eigenvalue weighted by atomic mass is 32.2. The number of benzene rings is 1. The maximum Gasteiger partial charge on any atom is 0.159 e. The Hall–Kier alpha value is -1.59. The molecule has 0 spiro atoms. The molecule has 82 valence electrons. The fourth-order valence-corrected chi connectivity index (χ4v) is 2.16. The topological polar surface area (TPSA) is 63.8 Å². The first kappa shape index (κ1) is 10.9. The van der Waals surface area contributed by atoms with Crippen molar-refractivity contribution in [1.82, 2.24) is 9.97 Å². The molecule has 0 aliphatic rings. The van der Waals surface area contributed by atoms with E-state index < -0.39 is 0 Å². The van der Waals surface area contributed by atoms with Crippen LogP contribution < -0.4 is 11.3 Å². The lowest BCUT2D eigenvalue weighted by atomic mass is 10.2. The molecular weight excluding hydrogens is 220 g/mol. The molecule has 0 unspecified atom stereocenters. The lowest BCUT2D eigenvalue weighted by molar-refractivity contribution is 1.04. The monoisotopic (exact) mass is 232 g/mol. The molecule has 2 aromatic rings. The van der Waals surface area contributed by atoms with Crippen molar-refractivity contribution >= 4 is 17.6 Å². The molecule has 1 aromatic heterocycles. The summed E-state index contributed by atoms with van der Waals surface area (Å²) in [6.45, 7) is 2.06. The molecule has 0 aliphatic heterocycles. The Labute approximate surface area is 98.3 Å². The first-order chi connectivity index (χ1) is 7.78. The number of nitrogens with two attached hydrogens (primary N) is 1. The van der Waals surface area contributed by atoms with Crippen molar-refractivity contribution < 1.29 is 0 Å². The number of nitrogens with zero attached hydrogens (tertiary/aromatic N) is 2. The third kappa shape index (κ3) is 2.71. The number of hydrogen-bond acceptors (Lipinski definition) is 5. The second-order valence-corrected chi connectivity index (χ2v) is 4.40. The van der Waals surface area contributed by atoms with Crippen LogP contribution in [0.15, 0.2) is 46.6 Å². The summed E-state index contributed by atoms with van der Waals surface area (Å²) in [5, 5.41) is 0.820. The Morgan fingerprint density at radius 3 is 2.94 bits per heavy atom. The highest BCUT2D eigenvalue weighted by molar-refractivity contribution is 7.99. The maximum absolute atomic E-state index is 5.27. The van der Waals surface area contributed by atoms with Crippen LogP contribution in [0.3, 0.4) is 0 Å². The molecule has 2 rings (SSSR count). The SMILES string of the molecule is Cc1cccc(Sc2cncc(NN)n2)c1. The van der Waals surface area contributed by atoms with Gasteiger partial charge in [-0.1, -0.05) is 29.5 Å². The number of anilines is 1. The van der Waals surface area contributed by atoms with Crippen LogP contribution in [0.25, 0.3) is 0 Å². The van der Waals surface area contributed by atoms with E-state index in [1.54, 1.807) is 24.2 Å². The van der Waals surface area contributed by atoms with Gasteiger partial charge in [-0.25, -0.2) is 10.8 Å². The number of aromatic nitrogens is 2. The third-order valence-corrected chi connectivity index (χ3v) is 2.87. The zero-order valence-electron chi connectivity index (χ0n) is 8.84. The molecule has 4 nitrogen and oxygen atoms in total. The first-order valence-electron chi connectivity index (χ1n) is 4.81. The molecule has 0 amide bonds. The number of hydrazine groups is 1. The summed E-state index contributed by atoms with van der Waals surface area (Å²) in [6.07, 6.45) is 3.30. The highest BCUT2D eigenvalue weighted by Gasteiger charge is 2.00. The van der Waals surface area contributed by atoms with Crippen molar-refractivity contribution in [2.24, 2.45) is 5.84 Å². The van der Waals surface area contributed by atoms with Crippen LogP contribution in [-0.2, 0) is 0 Å². The van der Waals surface area contributed by atoms with Gasteiger partial charge in [0.1, 0.15) is 5.03 Å². The van der Waals surface area contributed by atoms with Crippen LogP contribution in [0.2, 0.25) is 0 Å². The van der Waals surface area contributed by atoms with E-state index >= 15 is 0 Å². The van der Waals surface area contributed by atoms with Crippen LogP contribution in [0.5, 0.6) is 0 Å². The second-order valence-electron chi connectivity index (χ2n) is 3.31. The van der Waals surface area contributed by atoms with Gasteiger partial charge in [-0.15, -0.1) is 0 Å². The van der Waals surface area contributed by atoms with E-state index in [1.165, 1.54) is 5.56 Å². The minimum atomic E-state index is 0.567. The van der Waals surface area contributed by atoms with E-state index in [1.807, 2.05) is 12.1 Å². The highest BCUT2D eigenvalue weighted by Crippen LogP contribution is 2.26. The minimum absolute atomic E-state index is 0.567. The van der Waals surface area contributed by atoms with E-state index in [0.29, 0.717) is 5.82 Å². The summed E-state index contributed by atoms with van der Waals surface area (Å²) < 4.78 is 0. The van der Waals surface area contributed by atoms with Crippen LogP contribution >= 0.6 is 11.8 Å². The molecule has 1 heterocycles. The van der Waals surface area contributed by atoms with Crippen molar-refractivity contribution in [3.05, 3.63) is 42.2 Å². The fourth-order valence-electron chi connectivity index (χ4n) is 1.27. The van der Waals surface area contributed by atoms with Gasteiger partial charge in [0.15, 0.2) is 5.82 Å². The molecule has 0 saturated carbocycles. The standard InChI is InChI=1S/C11H12N4S/c1-8-3-2-4-9(5-8)16-11-7-13-6-10(14-11)15-12/h2-7H,12H2,1H3,(H,14,15). The molecule has 0 fully saturated rings. The summed E-state index contributed by atoms with van der Waals surface area (Å²) in [6, 6.07) is 8.24.